The van der Waals surface area contributed by atoms with Gasteiger partial charge in [-0.2, -0.15) is 10.5 Å². The molecule has 350 valence electrons. The molecule has 0 aliphatic rings. The van der Waals surface area contributed by atoms with Crippen molar-refractivity contribution < 1.29 is 17.7 Å². The minimum atomic E-state index is 0.338. The van der Waals surface area contributed by atoms with Crippen LogP contribution in [0.5, 0.6) is 0 Å². The van der Waals surface area contributed by atoms with E-state index in [2.05, 4.69) is 143 Å². The molecular weight excluding hydrogens is 937 g/mol. The first-order valence-electron chi connectivity index (χ1n) is 25.2. The molecule has 0 saturated carbocycles. The molecule has 17 rings (SSSR count). The number of fused-ring (bicyclic) bond motifs is 20. The highest BCUT2D eigenvalue weighted by atomic mass is 16.3. The predicted molar refractivity (Wildman–Crippen MR) is 305 cm³/mol. The van der Waals surface area contributed by atoms with Crippen LogP contribution >= 0.6 is 0 Å². The maximum absolute atomic E-state index is 11.8. The van der Waals surface area contributed by atoms with Gasteiger partial charge in [-0.25, -0.2) is 0 Å². The first kappa shape index (κ1) is 40.8. The molecule has 0 fully saturated rings. The van der Waals surface area contributed by atoms with Gasteiger partial charge in [0.15, 0.2) is 0 Å². The molecule has 0 amide bonds. The standard InChI is InChI=1S/C68H34N4O4/c69-35-41-21-28-55(71-53-26-19-37(39-17-22-46-42-9-1-5-13-58(42)73-62(46)33-39)31-50(53)64-56(71)29-24-48-44-11-3-7-15-60(44)75-67(48)64)52(36-70)66(41)72-54-27-20-38(40-18-23-47-43-10-2-6-14-59(43)74-63(47)34-40)32-51(54)65-57(72)30-25-49-45-12-4-8-16-61(45)76-68(49)65/h1-34H. The molecule has 0 aliphatic carbocycles. The maximum atomic E-state index is 11.8. The van der Waals surface area contributed by atoms with E-state index in [4.69, 9.17) is 17.7 Å². The number of rotatable bonds is 4. The summed E-state index contributed by atoms with van der Waals surface area (Å²) in [6, 6.07) is 75.4. The summed E-state index contributed by atoms with van der Waals surface area (Å²) in [7, 11) is 0. The third kappa shape index (κ3) is 5.43. The summed E-state index contributed by atoms with van der Waals surface area (Å²) < 4.78 is 30.6. The average Bonchev–Trinajstić information content (AvgIpc) is 4.36. The normalized spacial score (nSPS) is 12.2. The Hall–Kier alpha value is -10.8. The van der Waals surface area contributed by atoms with Crippen LogP contribution < -0.4 is 0 Å². The van der Waals surface area contributed by atoms with Gasteiger partial charge in [0.25, 0.3) is 0 Å². The summed E-state index contributed by atoms with van der Waals surface area (Å²) in [5.74, 6) is 0. The molecule has 0 unspecified atom stereocenters. The number of benzene rings is 11. The van der Waals surface area contributed by atoms with E-state index in [0.29, 0.717) is 22.5 Å². The quantitative estimate of drug-likeness (QED) is 0.174. The second-order valence-electron chi connectivity index (χ2n) is 19.7. The van der Waals surface area contributed by atoms with Crippen LogP contribution in [-0.4, -0.2) is 9.13 Å². The van der Waals surface area contributed by atoms with Crippen molar-refractivity contribution in [1.29, 1.82) is 10.5 Å². The number of hydrogen-bond acceptors (Lipinski definition) is 6. The maximum Gasteiger partial charge on any atom is 0.145 e. The first-order chi connectivity index (χ1) is 37.6. The van der Waals surface area contributed by atoms with Crippen LogP contribution in [-0.2, 0) is 0 Å². The molecule has 6 aromatic heterocycles. The van der Waals surface area contributed by atoms with Crippen LogP contribution in [0, 0.1) is 22.7 Å². The Morgan fingerprint density at radius 1 is 0.303 bits per heavy atom. The van der Waals surface area contributed by atoms with Gasteiger partial charge in [-0.3, -0.25) is 0 Å². The van der Waals surface area contributed by atoms with E-state index in [1.807, 2.05) is 84.9 Å². The van der Waals surface area contributed by atoms with Crippen LogP contribution in [0.3, 0.4) is 0 Å². The van der Waals surface area contributed by atoms with Gasteiger partial charge >= 0.3 is 0 Å². The molecule has 0 N–H and O–H groups in total. The molecule has 6 heterocycles. The Bertz CT molecular complexity index is 5520. The van der Waals surface area contributed by atoms with Crippen molar-refractivity contribution in [2.24, 2.45) is 0 Å². The van der Waals surface area contributed by atoms with E-state index in [9.17, 15) is 10.5 Å². The van der Waals surface area contributed by atoms with Gasteiger partial charge in [0, 0.05) is 53.9 Å². The number of furan rings is 4. The number of nitrogens with zero attached hydrogens (tertiary/aromatic N) is 4. The van der Waals surface area contributed by atoms with Crippen molar-refractivity contribution in [2.75, 3.05) is 0 Å². The molecule has 76 heavy (non-hydrogen) atoms. The highest BCUT2D eigenvalue weighted by Crippen LogP contribution is 2.47. The predicted octanol–water partition coefficient (Wildman–Crippen LogP) is 18.6. The third-order valence-corrected chi connectivity index (χ3v) is 15.8. The van der Waals surface area contributed by atoms with Crippen LogP contribution in [0.1, 0.15) is 11.1 Å². The number of aromatic nitrogens is 2. The van der Waals surface area contributed by atoms with Crippen LogP contribution in [0.15, 0.2) is 224 Å². The summed E-state index contributed by atoms with van der Waals surface area (Å²) >= 11 is 0. The van der Waals surface area contributed by atoms with E-state index in [1.165, 1.54) is 0 Å². The summed E-state index contributed by atoms with van der Waals surface area (Å²) in [5.41, 5.74) is 15.5. The zero-order valence-corrected chi connectivity index (χ0v) is 40.1. The summed E-state index contributed by atoms with van der Waals surface area (Å²) in [4.78, 5) is 0. The molecule has 8 nitrogen and oxygen atoms in total. The highest BCUT2D eigenvalue weighted by Gasteiger charge is 2.27. The lowest BCUT2D eigenvalue weighted by Crippen LogP contribution is -2.06. The Labute approximate surface area is 429 Å². The van der Waals surface area contributed by atoms with Gasteiger partial charge in [-0.15, -0.1) is 0 Å². The molecule has 17 aromatic rings. The van der Waals surface area contributed by atoms with Gasteiger partial charge in [-0.05, 0) is 131 Å². The fourth-order valence-electron chi connectivity index (χ4n) is 12.4. The van der Waals surface area contributed by atoms with Gasteiger partial charge in [0.1, 0.15) is 62.4 Å². The second kappa shape index (κ2) is 14.9. The molecule has 0 atom stereocenters. The van der Waals surface area contributed by atoms with E-state index >= 15 is 0 Å². The van der Waals surface area contributed by atoms with Crippen LogP contribution in [0.2, 0.25) is 0 Å². The van der Waals surface area contributed by atoms with Crippen LogP contribution in [0.25, 0.3) is 165 Å². The lowest BCUT2D eigenvalue weighted by molar-refractivity contribution is 0.668. The number of para-hydroxylation sites is 4. The topological polar surface area (TPSA) is 110 Å². The van der Waals surface area contributed by atoms with E-state index < -0.39 is 0 Å². The second-order valence-corrected chi connectivity index (χ2v) is 19.7. The van der Waals surface area contributed by atoms with Crippen molar-refractivity contribution in [3.05, 3.63) is 217 Å². The van der Waals surface area contributed by atoms with Gasteiger partial charge in [0.05, 0.1) is 49.8 Å². The summed E-state index contributed by atoms with van der Waals surface area (Å²) in [6.07, 6.45) is 0. The molecule has 0 aliphatic heterocycles. The van der Waals surface area contributed by atoms with Gasteiger partial charge < -0.3 is 26.8 Å². The minimum absolute atomic E-state index is 0.338. The third-order valence-electron chi connectivity index (χ3n) is 15.8. The Kier molecular flexibility index (Phi) is 7.99. The van der Waals surface area contributed by atoms with Crippen molar-refractivity contribution >= 4 is 131 Å². The molecular formula is C68H34N4O4. The number of nitriles is 2. The average molecular weight is 971 g/mol. The monoisotopic (exact) mass is 970 g/mol. The first-order valence-corrected chi connectivity index (χ1v) is 25.2. The van der Waals surface area contributed by atoms with E-state index in [0.717, 1.165) is 154 Å². The lowest BCUT2D eigenvalue weighted by atomic mass is 10.0. The van der Waals surface area contributed by atoms with E-state index in [-0.39, 0.29) is 0 Å². The SMILES string of the molecule is N#Cc1ccc(-n2c3ccc(-c4ccc5c(c4)oc4ccccc45)cc3c3c4oc5ccccc5c4ccc32)c(C#N)c1-n1c2ccc(-c3ccc4c(c3)oc3ccccc34)cc2c2c3oc4ccccc4c3ccc21. The summed E-state index contributed by atoms with van der Waals surface area (Å²) in [6.45, 7) is 0. The van der Waals surface area contributed by atoms with E-state index in [1.54, 1.807) is 0 Å². The van der Waals surface area contributed by atoms with Gasteiger partial charge in [-0.1, -0.05) is 97.1 Å². The zero-order chi connectivity index (χ0) is 49.9. The van der Waals surface area contributed by atoms with Gasteiger partial charge in [0.2, 0.25) is 0 Å². The van der Waals surface area contributed by atoms with Crippen molar-refractivity contribution in [3.63, 3.8) is 0 Å². The van der Waals surface area contributed by atoms with Crippen LogP contribution in [0.4, 0.5) is 0 Å². The molecule has 0 bridgehead atoms. The molecule has 8 heteroatoms. The highest BCUT2D eigenvalue weighted by molar-refractivity contribution is 6.26. The Morgan fingerprint density at radius 2 is 0.697 bits per heavy atom. The molecule has 0 spiro atoms. The largest absolute Gasteiger partial charge is 0.456 e. The fourth-order valence-corrected chi connectivity index (χ4v) is 12.4. The molecule has 0 saturated heterocycles. The Morgan fingerprint density at radius 3 is 1.20 bits per heavy atom. The Balaban J connectivity index is 0.934. The zero-order valence-electron chi connectivity index (χ0n) is 40.1. The van der Waals surface area contributed by atoms with Crippen molar-refractivity contribution in [2.45, 2.75) is 0 Å². The fraction of sp³-hybridized carbons (Fsp3) is 0. The molecule has 0 radical (unpaired) electrons. The van der Waals surface area contributed by atoms with Crippen molar-refractivity contribution in [3.8, 4) is 45.8 Å². The smallest absolute Gasteiger partial charge is 0.145 e. The molecule has 11 aromatic carbocycles. The van der Waals surface area contributed by atoms with Crippen molar-refractivity contribution in [1.82, 2.24) is 9.13 Å². The summed E-state index contributed by atoms with van der Waals surface area (Å²) in [5, 5.41) is 34.9. The lowest BCUT2D eigenvalue weighted by Gasteiger charge is -2.17. The minimum Gasteiger partial charge on any atom is -0.456 e. The number of hydrogen-bond donors (Lipinski definition) is 0.